The Morgan fingerprint density at radius 2 is 2.05 bits per heavy atom. The van der Waals surface area contributed by atoms with Gasteiger partial charge in [-0.1, -0.05) is 25.1 Å². The lowest BCUT2D eigenvalue weighted by atomic mass is 9.69. The van der Waals surface area contributed by atoms with E-state index in [0.29, 0.717) is 19.0 Å². The van der Waals surface area contributed by atoms with E-state index in [9.17, 15) is 4.39 Å². The summed E-state index contributed by atoms with van der Waals surface area (Å²) in [6, 6.07) is 9.72. The summed E-state index contributed by atoms with van der Waals surface area (Å²) in [4.78, 5) is 0. The average molecular weight is 274 g/mol. The molecule has 1 saturated carbocycles. The summed E-state index contributed by atoms with van der Waals surface area (Å²) in [6.45, 7) is 2.78. The molecular formula is C17H23FN2. The van der Waals surface area contributed by atoms with E-state index in [4.69, 9.17) is 5.26 Å². The Labute approximate surface area is 121 Å². The molecule has 1 aromatic carbocycles. The molecule has 0 amide bonds. The van der Waals surface area contributed by atoms with Crippen LogP contribution in [0.15, 0.2) is 24.3 Å². The Balaban J connectivity index is 1.83. The van der Waals surface area contributed by atoms with E-state index < -0.39 is 0 Å². The molecule has 1 aliphatic carbocycles. The summed E-state index contributed by atoms with van der Waals surface area (Å²) in [6.07, 6.45) is 6.13. The Morgan fingerprint density at radius 1 is 1.35 bits per heavy atom. The third kappa shape index (κ3) is 3.58. The first-order chi connectivity index (χ1) is 9.69. The van der Waals surface area contributed by atoms with E-state index in [1.807, 2.05) is 12.1 Å². The van der Waals surface area contributed by atoms with Crippen LogP contribution >= 0.6 is 0 Å². The second kappa shape index (κ2) is 6.85. The van der Waals surface area contributed by atoms with Gasteiger partial charge in [0, 0.05) is 24.6 Å². The molecule has 20 heavy (non-hydrogen) atoms. The van der Waals surface area contributed by atoms with Gasteiger partial charge in [0.1, 0.15) is 5.82 Å². The summed E-state index contributed by atoms with van der Waals surface area (Å²) >= 11 is 0. The van der Waals surface area contributed by atoms with E-state index in [1.54, 1.807) is 6.07 Å². The van der Waals surface area contributed by atoms with Crippen LogP contribution in [-0.4, -0.2) is 6.04 Å². The Kier molecular flexibility index (Phi) is 5.14. The van der Waals surface area contributed by atoms with E-state index >= 15 is 0 Å². The van der Waals surface area contributed by atoms with Crippen molar-refractivity contribution in [1.82, 2.24) is 5.32 Å². The molecule has 3 heteroatoms. The zero-order valence-corrected chi connectivity index (χ0v) is 12.2. The Morgan fingerprint density at radius 3 is 2.65 bits per heavy atom. The fraction of sp³-hybridized carbons (Fsp3) is 0.588. The lowest BCUT2D eigenvalue weighted by molar-refractivity contribution is 0.159. The van der Waals surface area contributed by atoms with Crippen molar-refractivity contribution in [2.24, 2.45) is 5.41 Å². The van der Waals surface area contributed by atoms with E-state index in [-0.39, 0.29) is 11.2 Å². The van der Waals surface area contributed by atoms with E-state index in [1.165, 1.54) is 6.07 Å². The predicted molar refractivity (Wildman–Crippen MR) is 78.4 cm³/mol. The zero-order chi connectivity index (χ0) is 14.4. The maximum atomic E-state index is 13.5. The van der Waals surface area contributed by atoms with Crippen LogP contribution in [0.3, 0.4) is 0 Å². The highest BCUT2D eigenvalue weighted by molar-refractivity contribution is 5.17. The number of hydrogen-bond acceptors (Lipinski definition) is 2. The minimum atomic E-state index is -0.136. The SMILES string of the molecule is CCC1(CC#N)CCC(NCc2ccccc2F)CC1. The van der Waals surface area contributed by atoms with Gasteiger partial charge in [0.05, 0.1) is 6.07 Å². The van der Waals surface area contributed by atoms with Crippen LogP contribution in [0.1, 0.15) is 51.0 Å². The molecule has 0 spiro atoms. The topological polar surface area (TPSA) is 35.8 Å². The quantitative estimate of drug-likeness (QED) is 0.874. The van der Waals surface area contributed by atoms with Gasteiger partial charge in [-0.2, -0.15) is 5.26 Å². The largest absolute Gasteiger partial charge is 0.310 e. The molecule has 0 saturated heterocycles. The summed E-state index contributed by atoms with van der Waals surface area (Å²) < 4.78 is 13.5. The average Bonchev–Trinajstić information content (AvgIpc) is 2.48. The highest BCUT2D eigenvalue weighted by Gasteiger charge is 2.33. The maximum Gasteiger partial charge on any atom is 0.127 e. The highest BCUT2D eigenvalue weighted by atomic mass is 19.1. The molecule has 0 aliphatic heterocycles. The minimum absolute atomic E-state index is 0.136. The minimum Gasteiger partial charge on any atom is -0.310 e. The van der Waals surface area contributed by atoms with Gasteiger partial charge in [0.2, 0.25) is 0 Å². The number of benzene rings is 1. The first kappa shape index (κ1) is 15.0. The summed E-state index contributed by atoms with van der Waals surface area (Å²) in [7, 11) is 0. The predicted octanol–water partition coefficient (Wildman–Crippen LogP) is 4.17. The van der Waals surface area contributed by atoms with Gasteiger partial charge in [-0.15, -0.1) is 0 Å². The van der Waals surface area contributed by atoms with Crippen LogP contribution in [0, 0.1) is 22.6 Å². The summed E-state index contributed by atoms with van der Waals surface area (Å²) in [5, 5.41) is 12.4. The summed E-state index contributed by atoms with van der Waals surface area (Å²) in [5.74, 6) is -0.136. The van der Waals surface area contributed by atoms with Crippen LogP contribution in [-0.2, 0) is 6.54 Å². The van der Waals surface area contributed by atoms with Gasteiger partial charge in [0.25, 0.3) is 0 Å². The lowest BCUT2D eigenvalue weighted by Crippen LogP contribution is -2.37. The number of nitriles is 1. The molecule has 0 heterocycles. The lowest BCUT2D eigenvalue weighted by Gasteiger charge is -2.38. The molecule has 0 aromatic heterocycles. The molecule has 1 fully saturated rings. The third-order valence-electron chi connectivity index (χ3n) is 4.79. The molecule has 0 bridgehead atoms. The van der Waals surface area contributed by atoms with Gasteiger partial charge < -0.3 is 5.32 Å². The van der Waals surface area contributed by atoms with Crippen LogP contribution in [0.25, 0.3) is 0 Å². The number of rotatable bonds is 5. The van der Waals surface area contributed by atoms with Crippen LogP contribution < -0.4 is 5.32 Å². The molecule has 1 aromatic rings. The van der Waals surface area contributed by atoms with Crippen molar-refractivity contribution >= 4 is 0 Å². The van der Waals surface area contributed by atoms with Gasteiger partial charge in [-0.05, 0) is 43.6 Å². The highest BCUT2D eigenvalue weighted by Crippen LogP contribution is 2.41. The van der Waals surface area contributed by atoms with Crippen molar-refractivity contribution < 1.29 is 4.39 Å². The van der Waals surface area contributed by atoms with Crippen molar-refractivity contribution in [2.45, 2.75) is 58.0 Å². The molecule has 108 valence electrons. The van der Waals surface area contributed by atoms with Gasteiger partial charge in [-0.3, -0.25) is 0 Å². The molecule has 1 aliphatic rings. The zero-order valence-electron chi connectivity index (χ0n) is 12.2. The maximum absolute atomic E-state index is 13.5. The van der Waals surface area contributed by atoms with Crippen molar-refractivity contribution in [1.29, 1.82) is 5.26 Å². The van der Waals surface area contributed by atoms with Crippen molar-refractivity contribution in [3.05, 3.63) is 35.6 Å². The first-order valence-electron chi connectivity index (χ1n) is 7.53. The second-order valence-electron chi connectivity index (χ2n) is 5.94. The fourth-order valence-corrected chi connectivity index (χ4v) is 3.15. The fourth-order valence-electron chi connectivity index (χ4n) is 3.15. The molecule has 2 nitrogen and oxygen atoms in total. The summed E-state index contributed by atoms with van der Waals surface area (Å²) in [5.41, 5.74) is 0.960. The van der Waals surface area contributed by atoms with Crippen LogP contribution in [0.2, 0.25) is 0 Å². The van der Waals surface area contributed by atoms with E-state index in [2.05, 4.69) is 18.3 Å². The van der Waals surface area contributed by atoms with Crippen molar-refractivity contribution in [2.75, 3.05) is 0 Å². The molecule has 0 atom stereocenters. The van der Waals surface area contributed by atoms with Crippen LogP contribution in [0.5, 0.6) is 0 Å². The molecule has 2 rings (SSSR count). The molecular weight excluding hydrogens is 251 g/mol. The standard InChI is InChI=1S/C17H23FN2/c1-2-17(11-12-19)9-7-15(8-10-17)20-13-14-5-3-4-6-16(14)18/h3-6,15,20H,2,7-11,13H2,1H3. The molecule has 0 unspecified atom stereocenters. The number of nitrogens with zero attached hydrogens (tertiary/aromatic N) is 1. The monoisotopic (exact) mass is 274 g/mol. The number of halogens is 1. The normalized spacial score (nSPS) is 26.1. The Bertz CT molecular complexity index is 470. The van der Waals surface area contributed by atoms with Gasteiger partial charge in [0.15, 0.2) is 0 Å². The molecule has 1 N–H and O–H groups in total. The second-order valence-corrected chi connectivity index (χ2v) is 5.94. The van der Waals surface area contributed by atoms with E-state index in [0.717, 1.165) is 37.7 Å². The molecule has 0 radical (unpaired) electrons. The van der Waals surface area contributed by atoms with Gasteiger partial charge >= 0.3 is 0 Å². The van der Waals surface area contributed by atoms with Gasteiger partial charge in [-0.25, -0.2) is 4.39 Å². The smallest absolute Gasteiger partial charge is 0.127 e. The first-order valence-corrected chi connectivity index (χ1v) is 7.53. The van der Waals surface area contributed by atoms with Crippen molar-refractivity contribution in [3.8, 4) is 6.07 Å². The van der Waals surface area contributed by atoms with Crippen LogP contribution in [0.4, 0.5) is 4.39 Å². The number of hydrogen-bond donors (Lipinski definition) is 1. The third-order valence-corrected chi connectivity index (χ3v) is 4.79. The number of nitrogens with one attached hydrogen (secondary N) is 1. The Hall–Kier alpha value is -1.40. The van der Waals surface area contributed by atoms with Crippen molar-refractivity contribution in [3.63, 3.8) is 0 Å².